The highest BCUT2D eigenvalue weighted by Gasteiger charge is 2.12. The second kappa shape index (κ2) is 7.74. The van der Waals surface area contributed by atoms with Crippen LogP contribution in [0.15, 0.2) is 48.9 Å². The first kappa shape index (κ1) is 17.5. The molecule has 0 atom stereocenters. The summed E-state index contributed by atoms with van der Waals surface area (Å²) >= 11 is 0. The molecular weight excluding hydrogens is 328 g/mol. The monoisotopic (exact) mass is 348 g/mol. The van der Waals surface area contributed by atoms with E-state index < -0.39 is 0 Å². The standard InChI is InChI=1S/C20H20N4O2/c1-13-6-4-7-14(2)18(13)26-20-16(8-5-9-21-20)10-24-19(25)17-11-22-15(3)23-12-17/h4-9,11-12H,10H2,1-3H3,(H,24,25). The maximum absolute atomic E-state index is 12.3. The molecule has 6 heteroatoms. The number of benzene rings is 1. The predicted molar refractivity (Wildman–Crippen MR) is 98.2 cm³/mol. The fourth-order valence-electron chi connectivity index (χ4n) is 2.49. The molecule has 0 radical (unpaired) electrons. The summed E-state index contributed by atoms with van der Waals surface area (Å²) < 4.78 is 6.04. The maximum atomic E-state index is 12.3. The maximum Gasteiger partial charge on any atom is 0.254 e. The molecule has 0 saturated carbocycles. The van der Waals surface area contributed by atoms with Gasteiger partial charge in [-0.05, 0) is 38.0 Å². The number of amides is 1. The second-order valence-electron chi connectivity index (χ2n) is 5.99. The van der Waals surface area contributed by atoms with Gasteiger partial charge in [0.25, 0.3) is 5.91 Å². The quantitative estimate of drug-likeness (QED) is 0.763. The summed E-state index contributed by atoms with van der Waals surface area (Å²) in [6.07, 6.45) is 4.69. The van der Waals surface area contributed by atoms with Crippen molar-refractivity contribution in [2.75, 3.05) is 0 Å². The summed E-state index contributed by atoms with van der Waals surface area (Å²) in [4.78, 5) is 24.7. The molecule has 0 saturated heterocycles. The highest BCUT2D eigenvalue weighted by Crippen LogP contribution is 2.29. The molecule has 132 valence electrons. The van der Waals surface area contributed by atoms with Crippen LogP contribution in [-0.4, -0.2) is 20.9 Å². The van der Waals surface area contributed by atoms with Gasteiger partial charge in [0.05, 0.1) is 5.56 Å². The summed E-state index contributed by atoms with van der Waals surface area (Å²) in [5, 5.41) is 2.85. The fourth-order valence-corrected chi connectivity index (χ4v) is 2.49. The van der Waals surface area contributed by atoms with Crippen LogP contribution in [-0.2, 0) is 6.54 Å². The van der Waals surface area contributed by atoms with Crippen molar-refractivity contribution in [2.24, 2.45) is 0 Å². The Morgan fingerprint density at radius 3 is 2.38 bits per heavy atom. The zero-order chi connectivity index (χ0) is 18.5. The third-order valence-electron chi connectivity index (χ3n) is 3.94. The summed E-state index contributed by atoms with van der Waals surface area (Å²) in [6, 6.07) is 9.66. The first-order chi connectivity index (χ1) is 12.5. The number of aromatic nitrogens is 3. The van der Waals surface area contributed by atoms with E-state index in [1.54, 1.807) is 13.1 Å². The highest BCUT2D eigenvalue weighted by molar-refractivity contribution is 5.93. The van der Waals surface area contributed by atoms with E-state index in [-0.39, 0.29) is 5.91 Å². The van der Waals surface area contributed by atoms with Gasteiger partial charge in [-0.25, -0.2) is 15.0 Å². The first-order valence-electron chi connectivity index (χ1n) is 8.29. The van der Waals surface area contributed by atoms with Gasteiger partial charge < -0.3 is 10.1 Å². The Kier molecular flexibility index (Phi) is 5.22. The van der Waals surface area contributed by atoms with Crippen molar-refractivity contribution in [3.05, 3.63) is 77.0 Å². The molecule has 1 N–H and O–H groups in total. The van der Waals surface area contributed by atoms with Crippen LogP contribution in [0, 0.1) is 20.8 Å². The van der Waals surface area contributed by atoms with E-state index in [0.717, 1.165) is 22.4 Å². The summed E-state index contributed by atoms with van der Waals surface area (Å²) in [7, 11) is 0. The highest BCUT2D eigenvalue weighted by atomic mass is 16.5. The van der Waals surface area contributed by atoms with E-state index in [9.17, 15) is 4.79 Å². The molecule has 26 heavy (non-hydrogen) atoms. The third kappa shape index (κ3) is 4.03. The van der Waals surface area contributed by atoms with E-state index >= 15 is 0 Å². The lowest BCUT2D eigenvalue weighted by molar-refractivity contribution is 0.0950. The predicted octanol–water partition coefficient (Wildman–Crippen LogP) is 3.52. The van der Waals surface area contributed by atoms with Crippen LogP contribution in [0.2, 0.25) is 0 Å². The van der Waals surface area contributed by atoms with Crippen molar-refractivity contribution in [1.82, 2.24) is 20.3 Å². The SMILES string of the molecule is Cc1ncc(C(=O)NCc2cccnc2Oc2c(C)cccc2C)cn1. The van der Waals surface area contributed by atoms with Gasteiger partial charge in [0, 0.05) is 30.7 Å². The van der Waals surface area contributed by atoms with E-state index in [4.69, 9.17) is 4.74 Å². The van der Waals surface area contributed by atoms with Crippen LogP contribution in [0.3, 0.4) is 0 Å². The molecule has 0 aliphatic heterocycles. The van der Waals surface area contributed by atoms with E-state index in [0.29, 0.717) is 23.8 Å². The first-order valence-corrected chi connectivity index (χ1v) is 8.29. The average molecular weight is 348 g/mol. The smallest absolute Gasteiger partial charge is 0.254 e. The Bertz CT molecular complexity index is 903. The summed E-state index contributed by atoms with van der Waals surface area (Å²) in [6.45, 7) is 6.05. The number of hydrogen-bond donors (Lipinski definition) is 1. The molecule has 6 nitrogen and oxygen atoms in total. The Labute approximate surface area is 152 Å². The number of nitrogens with one attached hydrogen (secondary N) is 1. The van der Waals surface area contributed by atoms with Gasteiger partial charge >= 0.3 is 0 Å². The number of ether oxygens (including phenoxy) is 1. The van der Waals surface area contributed by atoms with Crippen molar-refractivity contribution >= 4 is 5.91 Å². The topological polar surface area (TPSA) is 77.0 Å². The largest absolute Gasteiger partial charge is 0.438 e. The lowest BCUT2D eigenvalue weighted by atomic mass is 10.1. The normalized spacial score (nSPS) is 10.4. The van der Waals surface area contributed by atoms with Gasteiger partial charge in [-0.15, -0.1) is 0 Å². The van der Waals surface area contributed by atoms with Crippen LogP contribution >= 0.6 is 0 Å². The average Bonchev–Trinajstić information content (AvgIpc) is 2.64. The molecular formula is C20H20N4O2. The minimum atomic E-state index is -0.244. The number of para-hydroxylation sites is 1. The van der Waals surface area contributed by atoms with Crippen molar-refractivity contribution in [2.45, 2.75) is 27.3 Å². The van der Waals surface area contributed by atoms with Crippen LogP contribution in [0.5, 0.6) is 11.6 Å². The van der Waals surface area contributed by atoms with Crippen molar-refractivity contribution in [1.29, 1.82) is 0 Å². The number of carbonyl (C=O) groups is 1. The van der Waals surface area contributed by atoms with Gasteiger partial charge in [0.15, 0.2) is 0 Å². The van der Waals surface area contributed by atoms with E-state index in [1.165, 1.54) is 12.4 Å². The molecule has 0 aliphatic carbocycles. The molecule has 3 aromatic rings. The molecule has 1 amide bonds. The lowest BCUT2D eigenvalue weighted by Crippen LogP contribution is -2.23. The van der Waals surface area contributed by atoms with E-state index in [1.807, 2.05) is 44.2 Å². The third-order valence-corrected chi connectivity index (χ3v) is 3.94. The molecule has 1 aromatic carbocycles. The Morgan fingerprint density at radius 1 is 1.00 bits per heavy atom. The summed E-state index contributed by atoms with van der Waals surface area (Å²) in [5.41, 5.74) is 3.26. The minimum absolute atomic E-state index is 0.244. The molecule has 0 spiro atoms. The van der Waals surface area contributed by atoms with Crippen molar-refractivity contribution in [3.63, 3.8) is 0 Å². The van der Waals surface area contributed by atoms with Crippen LogP contribution < -0.4 is 10.1 Å². The minimum Gasteiger partial charge on any atom is -0.438 e. The number of aryl methyl sites for hydroxylation is 3. The molecule has 0 fully saturated rings. The lowest BCUT2D eigenvalue weighted by Gasteiger charge is -2.14. The van der Waals surface area contributed by atoms with Gasteiger partial charge in [0.2, 0.25) is 5.88 Å². The number of carbonyl (C=O) groups excluding carboxylic acids is 1. The van der Waals surface area contributed by atoms with Crippen LogP contribution in [0.25, 0.3) is 0 Å². The Balaban J connectivity index is 1.75. The second-order valence-corrected chi connectivity index (χ2v) is 5.99. The zero-order valence-electron chi connectivity index (χ0n) is 15.0. The Hall–Kier alpha value is -3.28. The van der Waals surface area contributed by atoms with Gasteiger partial charge in [-0.1, -0.05) is 24.3 Å². The molecule has 3 rings (SSSR count). The van der Waals surface area contributed by atoms with Crippen molar-refractivity contribution < 1.29 is 9.53 Å². The number of pyridine rings is 1. The van der Waals surface area contributed by atoms with Crippen LogP contribution in [0.1, 0.15) is 32.9 Å². The van der Waals surface area contributed by atoms with Crippen LogP contribution in [0.4, 0.5) is 0 Å². The van der Waals surface area contributed by atoms with Gasteiger partial charge in [-0.3, -0.25) is 4.79 Å². The number of rotatable bonds is 5. The van der Waals surface area contributed by atoms with E-state index in [2.05, 4.69) is 20.3 Å². The molecule has 0 bridgehead atoms. The Morgan fingerprint density at radius 2 is 1.69 bits per heavy atom. The molecule has 0 unspecified atom stereocenters. The molecule has 2 aromatic heterocycles. The summed E-state index contributed by atoms with van der Waals surface area (Å²) in [5.74, 6) is 1.64. The fraction of sp³-hybridized carbons (Fsp3) is 0.200. The molecule has 2 heterocycles. The molecule has 0 aliphatic rings. The van der Waals surface area contributed by atoms with Crippen molar-refractivity contribution in [3.8, 4) is 11.6 Å². The van der Waals surface area contributed by atoms with Gasteiger partial charge in [0.1, 0.15) is 11.6 Å². The zero-order valence-corrected chi connectivity index (χ0v) is 15.0. The number of nitrogens with zero attached hydrogens (tertiary/aromatic N) is 3. The number of hydrogen-bond acceptors (Lipinski definition) is 5. The van der Waals surface area contributed by atoms with Gasteiger partial charge in [-0.2, -0.15) is 0 Å².